The van der Waals surface area contributed by atoms with Crippen LogP contribution >= 0.6 is 0 Å². The third-order valence-electron chi connectivity index (χ3n) is 5.48. The van der Waals surface area contributed by atoms with Crippen molar-refractivity contribution in [1.29, 1.82) is 0 Å². The Morgan fingerprint density at radius 1 is 1.19 bits per heavy atom. The van der Waals surface area contributed by atoms with E-state index in [-0.39, 0.29) is 6.17 Å². The van der Waals surface area contributed by atoms with Crippen molar-refractivity contribution in [2.45, 2.75) is 51.2 Å². The first kappa shape index (κ1) is 17.0. The molecular weight excluding hydrogens is 326 g/mol. The summed E-state index contributed by atoms with van der Waals surface area (Å²) in [5, 5.41) is 5.89. The number of nitrogens with two attached hydrogens (primary N) is 2. The van der Waals surface area contributed by atoms with Crippen molar-refractivity contribution in [3.05, 3.63) is 35.9 Å². The molecule has 0 aromatic carbocycles. The number of fused-ring (bicyclic) bond motifs is 1. The zero-order chi connectivity index (χ0) is 18.1. The maximum atomic E-state index is 6.15. The summed E-state index contributed by atoms with van der Waals surface area (Å²) in [4.78, 5) is 11.0. The molecule has 1 aliphatic carbocycles. The van der Waals surface area contributed by atoms with Crippen molar-refractivity contribution in [2.24, 2.45) is 22.4 Å². The predicted octanol–water partition coefficient (Wildman–Crippen LogP) is 2.18. The topological polar surface area (TPSA) is 98.3 Å². The van der Waals surface area contributed by atoms with Crippen molar-refractivity contribution < 1.29 is 0 Å². The molecule has 1 unspecified atom stereocenters. The van der Waals surface area contributed by atoms with Gasteiger partial charge in [0.1, 0.15) is 17.7 Å². The summed E-state index contributed by atoms with van der Waals surface area (Å²) in [6.45, 7) is 0.905. The molecule has 1 aliphatic heterocycles. The molecule has 1 saturated carbocycles. The van der Waals surface area contributed by atoms with Crippen LogP contribution in [-0.2, 0) is 6.54 Å². The van der Waals surface area contributed by atoms with Crippen LogP contribution in [0, 0.1) is 5.92 Å². The normalized spacial score (nSPS) is 22.2. The van der Waals surface area contributed by atoms with E-state index in [1.165, 1.54) is 38.5 Å². The zero-order valence-electron chi connectivity index (χ0n) is 15.3. The summed E-state index contributed by atoms with van der Waals surface area (Å²) < 4.78 is 2.05. The van der Waals surface area contributed by atoms with Gasteiger partial charge in [-0.3, -0.25) is 0 Å². The van der Waals surface area contributed by atoms with Crippen LogP contribution in [0.1, 0.15) is 44.2 Å². The Hall–Kier alpha value is -2.41. The van der Waals surface area contributed by atoms with Crippen molar-refractivity contribution in [3.63, 3.8) is 0 Å². The largest absolute Gasteiger partial charge is 0.384 e. The minimum absolute atomic E-state index is 0.304. The van der Waals surface area contributed by atoms with Crippen LogP contribution in [0.15, 0.2) is 35.2 Å². The van der Waals surface area contributed by atoms with E-state index >= 15 is 0 Å². The van der Waals surface area contributed by atoms with E-state index in [9.17, 15) is 0 Å². The first-order valence-corrected chi connectivity index (χ1v) is 9.50. The van der Waals surface area contributed by atoms with Gasteiger partial charge in [0.05, 0.1) is 5.39 Å². The average Bonchev–Trinajstić information content (AvgIpc) is 2.79. The van der Waals surface area contributed by atoms with E-state index in [0.29, 0.717) is 17.6 Å². The summed E-state index contributed by atoms with van der Waals surface area (Å²) in [7, 11) is 1.92. The SMILES string of the molecule is CN1C(c2nn(CC3CCCCCC3)c3ncccc23)=NC(N)=CC1N. The van der Waals surface area contributed by atoms with Crippen LogP contribution in [0.4, 0.5) is 0 Å². The van der Waals surface area contributed by atoms with Gasteiger partial charge in [0, 0.05) is 19.8 Å². The van der Waals surface area contributed by atoms with Crippen LogP contribution in [0.3, 0.4) is 0 Å². The number of aromatic nitrogens is 3. The minimum Gasteiger partial charge on any atom is -0.384 e. The molecule has 2 aromatic heterocycles. The number of hydrogen-bond acceptors (Lipinski definition) is 6. The summed E-state index contributed by atoms with van der Waals surface area (Å²) in [5.41, 5.74) is 13.8. The van der Waals surface area contributed by atoms with Gasteiger partial charge in [-0.05, 0) is 37.0 Å². The molecule has 0 spiro atoms. The second kappa shape index (κ2) is 7.07. The Morgan fingerprint density at radius 3 is 2.73 bits per heavy atom. The Bertz CT molecular complexity index is 843. The quantitative estimate of drug-likeness (QED) is 0.824. The third-order valence-corrected chi connectivity index (χ3v) is 5.48. The van der Waals surface area contributed by atoms with Gasteiger partial charge >= 0.3 is 0 Å². The van der Waals surface area contributed by atoms with Crippen molar-refractivity contribution in [1.82, 2.24) is 19.7 Å². The fourth-order valence-corrected chi connectivity index (χ4v) is 3.98. The standard InChI is InChI=1S/C19H27N7/c1-25-16(21)11-15(20)23-19(25)17-14-9-6-10-22-18(14)26(24-17)12-13-7-4-2-3-5-8-13/h6,9-11,13,16H,2-5,7-8,12,20-21H2,1H3. The number of hydrogen-bond donors (Lipinski definition) is 2. The molecule has 7 heteroatoms. The molecule has 7 nitrogen and oxygen atoms in total. The monoisotopic (exact) mass is 353 g/mol. The molecule has 138 valence electrons. The fourth-order valence-electron chi connectivity index (χ4n) is 3.98. The van der Waals surface area contributed by atoms with E-state index in [1.807, 2.05) is 30.3 Å². The highest BCUT2D eigenvalue weighted by Crippen LogP contribution is 2.27. The molecule has 4 N–H and O–H groups in total. The van der Waals surface area contributed by atoms with Crippen molar-refractivity contribution >= 4 is 16.9 Å². The molecule has 0 saturated heterocycles. The van der Waals surface area contributed by atoms with Gasteiger partial charge in [-0.15, -0.1) is 0 Å². The second-order valence-corrected chi connectivity index (χ2v) is 7.39. The van der Waals surface area contributed by atoms with E-state index < -0.39 is 0 Å². The highest BCUT2D eigenvalue weighted by atomic mass is 15.3. The number of amidine groups is 1. The number of rotatable bonds is 3. The Morgan fingerprint density at radius 2 is 1.96 bits per heavy atom. The van der Waals surface area contributed by atoms with Crippen LogP contribution < -0.4 is 11.5 Å². The number of nitrogens with zero attached hydrogens (tertiary/aromatic N) is 5. The molecule has 0 radical (unpaired) electrons. The first-order chi connectivity index (χ1) is 12.6. The van der Waals surface area contributed by atoms with Crippen molar-refractivity contribution in [2.75, 3.05) is 7.05 Å². The molecule has 2 aromatic rings. The van der Waals surface area contributed by atoms with Crippen LogP contribution in [0.5, 0.6) is 0 Å². The Labute approximate surface area is 153 Å². The highest BCUT2D eigenvalue weighted by Gasteiger charge is 2.25. The predicted molar refractivity (Wildman–Crippen MR) is 103 cm³/mol. The van der Waals surface area contributed by atoms with Gasteiger partial charge in [-0.2, -0.15) is 5.10 Å². The number of aliphatic imine (C=N–C) groups is 1. The van der Waals surface area contributed by atoms with Gasteiger partial charge in [-0.1, -0.05) is 25.7 Å². The number of likely N-dealkylation sites (N-methyl/N-ethyl adjacent to an activating group) is 1. The van der Waals surface area contributed by atoms with Crippen LogP contribution in [0.2, 0.25) is 0 Å². The lowest BCUT2D eigenvalue weighted by atomic mass is 10.0. The summed E-state index contributed by atoms with van der Waals surface area (Å²) in [6.07, 6.45) is 11.1. The van der Waals surface area contributed by atoms with Gasteiger partial charge in [0.2, 0.25) is 0 Å². The molecule has 26 heavy (non-hydrogen) atoms. The maximum Gasteiger partial charge on any atom is 0.160 e. The summed E-state index contributed by atoms with van der Waals surface area (Å²) in [6, 6.07) is 3.98. The Balaban J connectivity index is 1.73. The molecule has 0 bridgehead atoms. The molecule has 1 atom stereocenters. The molecule has 2 aliphatic rings. The van der Waals surface area contributed by atoms with E-state index in [0.717, 1.165) is 23.3 Å². The van der Waals surface area contributed by atoms with E-state index in [1.54, 1.807) is 6.08 Å². The Kier molecular flexibility index (Phi) is 4.63. The summed E-state index contributed by atoms with van der Waals surface area (Å²) in [5.74, 6) is 1.80. The lowest BCUT2D eigenvalue weighted by Gasteiger charge is -2.28. The molecule has 1 fully saturated rings. The molecular formula is C19H27N7. The van der Waals surface area contributed by atoms with Crippen molar-refractivity contribution in [3.8, 4) is 0 Å². The van der Waals surface area contributed by atoms with Gasteiger partial charge in [0.25, 0.3) is 0 Å². The van der Waals surface area contributed by atoms with Gasteiger partial charge < -0.3 is 16.4 Å². The highest BCUT2D eigenvalue weighted by molar-refractivity contribution is 6.07. The van der Waals surface area contributed by atoms with Crippen LogP contribution in [0.25, 0.3) is 11.0 Å². The van der Waals surface area contributed by atoms with E-state index in [4.69, 9.17) is 16.6 Å². The lowest BCUT2D eigenvalue weighted by molar-refractivity contribution is 0.379. The van der Waals surface area contributed by atoms with Crippen LogP contribution in [-0.4, -0.2) is 38.7 Å². The molecule has 0 amide bonds. The molecule has 3 heterocycles. The third kappa shape index (κ3) is 3.19. The maximum absolute atomic E-state index is 6.15. The van der Waals surface area contributed by atoms with Gasteiger partial charge in [-0.25, -0.2) is 14.7 Å². The van der Waals surface area contributed by atoms with E-state index in [2.05, 4.69) is 14.7 Å². The van der Waals surface area contributed by atoms with Gasteiger partial charge in [0.15, 0.2) is 11.5 Å². The number of pyridine rings is 1. The minimum atomic E-state index is -0.304. The first-order valence-electron chi connectivity index (χ1n) is 9.50. The summed E-state index contributed by atoms with van der Waals surface area (Å²) >= 11 is 0. The zero-order valence-corrected chi connectivity index (χ0v) is 15.3. The lowest BCUT2D eigenvalue weighted by Crippen LogP contribution is -2.45. The fraction of sp³-hybridized carbons (Fsp3) is 0.526. The smallest absolute Gasteiger partial charge is 0.160 e. The second-order valence-electron chi connectivity index (χ2n) is 7.39. The molecule has 4 rings (SSSR count). The average molecular weight is 353 g/mol.